The number of hydrogen-bond acceptors (Lipinski definition) is 3. The lowest BCUT2D eigenvalue weighted by molar-refractivity contribution is -0.124. The average Bonchev–Trinajstić information content (AvgIpc) is 3.17. The van der Waals surface area contributed by atoms with Crippen LogP contribution in [-0.2, 0) is 18.3 Å². The van der Waals surface area contributed by atoms with E-state index in [0.717, 1.165) is 25.1 Å². The summed E-state index contributed by atoms with van der Waals surface area (Å²) in [6.07, 6.45) is 4.74. The van der Waals surface area contributed by atoms with E-state index in [1.54, 1.807) is 4.68 Å². The first-order chi connectivity index (χ1) is 11.1. The van der Waals surface area contributed by atoms with Crippen LogP contribution in [0.4, 0.5) is 0 Å². The van der Waals surface area contributed by atoms with Crippen molar-refractivity contribution < 1.29 is 4.79 Å². The first kappa shape index (κ1) is 18.5. The van der Waals surface area contributed by atoms with Crippen LogP contribution >= 0.6 is 12.4 Å². The molecule has 2 aromatic rings. The Bertz CT molecular complexity index is 685. The summed E-state index contributed by atoms with van der Waals surface area (Å²) in [7, 11) is 1.91. The summed E-state index contributed by atoms with van der Waals surface area (Å²) in [5, 5.41) is 10.7. The normalized spacial score (nSPS) is 19.8. The lowest BCUT2D eigenvalue weighted by atomic mass is 9.90. The second-order valence-electron chi connectivity index (χ2n) is 6.29. The maximum Gasteiger partial charge on any atom is 0.225 e. The number of halogens is 1. The molecule has 1 aliphatic heterocycles. The van der Waals surface area contributed by atoms with Gasteiger partial charge in [0.1, 0.15) is 0 Å². The zero-order chi connectivity index (χ0) is 16.2. The van der Waals surface area contributed by atoms with Gasteiger partial charge in [0.25, 0.3) is 0 Å². The molecule has 1 aromatic carbocycles. The number of carbonyl (C=O) groups is 1. The highest BCUT2D eigenvalue weighted by Gasteiger charge is 2.34. The van der Waals surface area contributed by atoms with Crippen molar-refractivity contribution in [3.63, 3.8) is 0 Å². The average molecular weight is 349 g/mol. The van der Waals surface area contributed by atoms with E-state index >= 15 is 0 Å². The van der Waals surface area contributed by atoms with E-state index < -0.39 is 0 Å². The zero-order valence-electron chi connectivity index (χ0n) is 14.2. The molecule has 0 saturated carbocycles. The number of amides is 1. The standard InChI is InChI=1S/C18H24N4O.ClH/c1-13-5-3-4-6-14(13)7-8-20-18(23)17-11-19-10-16(17)15-9-21-22(2)12-15;/h3-6,9,12,16-17,19H,7-8,10-11H2,1-2H3,(H,20,23);1H/t16-,17+;/m1./s1. The maximum atomic E-state index is 12.5. The first-order valence-corrected chi connectivity index (χ1v) is 8.16. The molecule has 0 spiro atoms. The van der Waals surface area contributed by atoms with Gasteiger partial charge in [-0.1, -0.05) is 24.3 Å². The fourth-order valence-electron chi connectivity index (χ4n) is 3.28. The van der Waals surface area contributed by atoms with Crippen LogP contribution < -0.4 is 10.6 Å². The minimum Gasteiger partial charge on any atom is -0.355 e. The number of carbonyl (C=O) groups excluding carboxylic acids is 1. The van der Waals surface area contributed by atoms with E-state index in [2.05, 4.69) is 34.8 Å². The summed E-state index contributed by atoms with van der Waals surface area (Å²) in [6, 6.07) is 8.32. The van der Waals surface area contributed by atoms with E-state index in [1.165, 1.54) is 11.1 Å². The molecule has 130 valence electrons. The molecule has 0 bridgehead atoms. The van der Waals surface area contributed by atoms with Gasteiger partial charge in [-0.15, -0.1) is 12.4 Å². The molecule has 0 aliphatic carbocycles. The van der Waals surface area contributed by atoms with Gasteiger partial charge < -0.3 is 10.6 Å². The fourth-order valence-corrected chi connectivity index (χ4v) is 3.28. The number of nitrogens with one attached hydrogen (secondary N) is 2. The molecule has 1 aromatic heterocycles. The molecule has 6 heteroatoms. The molecule has 1 fully saturated rings. The van der Waals surface area contributed by atoms with Gasteiger partial charge >= 0.3 is 0 Å². The van der Waals surface area contributed by atoms with E-state index in [1.807, 2.05) is 31.6 Å². The van der Waals surface area contributed by atoms with Crippen molar-refractivity contribution in [2.75, 3.05) is 19.6 Å². The molecule has 24 heavy (non-hydrogen) atoms. The number of benzene rings is 1. The van der Waals surface area contributed by atoms with Crippen LogP contribution in [0.1, 0.15) is 22.6 Å². The lowest BCUT2D eigenvalue weighted by Crippen LogP contribution is -2.35. The summed E-state index contributed by atoms with van der Waals surface area (Å²) < 4.78 is 1.79. The van der Waals surface area contributed by atoms with Crippen molar-refractivity contribution in [1.29, 1.82) is 0 Å². The Hall–Kier alpha value is -1.85. The van der Waals surface area contributed by atoms with Gasteiger partial charge in [0.15, 0.2) is 0 Å². The van der Waals surface area contributed by atoms with Crippen molar-refractivity contribution in [1.82, 2.24) is 20.4 Å². The van der Waals surface area contributed by atoms with Crippen LogP contribution in [0.3, 0.4) is 0 Å². The Morgan fingerprint density at radius 1 is 1.38 bits per heavy atom. The number of aryl methyl sites for hydroxylation is 2. The Balaban J connectivity index is 0.00000208. The third-order valence-corrected chi connectivity index (χ3v) is 4.66. The smallest absolute Gasteiger partial charge is 0.225 e. The monoisotopic (exact) mass is 348 g/mol. The van der Waals surface area contributed by atoms with Crippen LogP contribution in [0.2, 0.25) is 0 Å². The summed E-state index contributed by atoms with van der Waals surface area (Å²) >= 11 is 0. The fraction of sp³-hybridized carbons (Fsp3) is 0.444. The van der Waals surface area contributed by atoms with Gasteiger partial charge in [-0.25, -0.2) is 0 Å². The molecule has 2 atom stereocenters. The summed E-state index contributed by atoms with van der Waals surface area (Å²) in [5.74, 6) is 0.329. The topological polar surface area (TPSA) is 59.0 Å². The van der Waals surface area contributed by atoms with E-state index in [-0.39, 0.29) is 30.2 Å². The van der Waals surface area contributed by atoms with Crippen molar-refractivity contribution in [2.24, 2.45) is 13.0 Å². The van der Waals surface area contributed by atoms with Gasteiger partial charge in [-0.3, -0.25) is 9.48 Å². The molecule has 2 N–H and O–H groups in total. The first-order valence-electron chi connectivity index (χ1n) is 8.16. The summed E-state index contributed by atoms with van der Waals surface area (Å²) in [6.45, 7) is 4.35. The predicted molar refractivity (Wildman–Crippen MR) is 97.4 cm³/mol. The molecule has 3 rings (SSSR count). The van der Waals surface area contributed by atoms with E-state index in [9.17, 15) is 4.79 Å². The van der Waals surface area contributed by atoms with Gasteiger partial charge in [0.05, 0.1) is 12.1 Å². The second-order valence-corrected chi connectivity index (χ2v) is 6.29. The van der Waals surface area contributed by atoms with Gasteiger partial charge in [0, 0.05) is 38.8 Å². The van der Waals surface area contributed by atoms with Crippen molar-refractivity contribution in [3.8, 4) is 0 Å². The molecule has 1 saturated heterocycles. The largest absolute Gasteiger partial charge is 0.355 e. The molecule has 5 nitrogen and oxygen atoms in total. The third-order valence-electron chi connectivity index (χ3n) is 4.66. The lowest BCUT2D eigenvalue weighted by Gasteiger charge is -2.17. The maximum absolute atomic E-state index is 12.5. The van der Waals surface area contributed by atoms with E-state index in [4.69, 9.17) is 0 Å². The number of nitrogens with zero attached hydrogens (tertiary/aromatic N) is 2. The molecule has 2 heterocycles. The Kier molecular flexibility index (Phi) is 6.40. The highest BCUT2D eigenvalue weighted by atomic mass is 35.5. The molecular weight excluding hydrogens is 324 g/mol. The Labute approximate surface area is 149 Å². The Morgan fingerprint density at radius 3 is 2.88 bits per heavy atom. The van der Waals surface area contributed by atoms with E-state index in [0.29, 0.717) is 6.54 Å². The number of aromatic nitrogens is 2. The van der Waals surface area contributed by atoms with Crippen LogP contribution in [0, 0.1) is 12.8 Å². The van der Waals surface area contributed by atoms with Crippen molar-refractivity contribution in [2.45, 2.75) is 19.3 Å². The second kappa shape index (κ2) is 8.31. The minimum absolute atomic E-state index is 0. The number of hydrogen-bond donors (Lipinski definition) is 2. The van der Waals surface area contributed by atoms with Crippen LogP contribution in [0.5, 0.6) is 0 Å². The third kappa shape index (κ3) is 4.16. The van der Waals surface area contributed by atoms with Gasteiger partial charge in [-0.2, -0.15) is 5.10 Å². The molecule has 0 radical (unpaired) electrons. The number of rotatable bonds is 5. The Morgan fingerprint density at radius 2 is 2.17 bits per heavy atom. The summed E-state index contributed by atoms with van der Waals surface area (Å²) in [4.78, 5) is 12.5. The highest BCUT2D eigenvalue weighted by molar-refractivity contribution is 5.85. The van der Waals surface area contributed by atoms with Crippen molar-refractivity contribution >= 4 is 18.3 Å². The minimum atomic E-state index is -0.0175. The zero-order valence-corrected chi connectivity index (χ0v) is 15.0. The highest BCUT2D eigenvalue weighted by Crippen LogP contribution is 2.27. The molecule has 1 aliphatic rings. The SMILES string of the molecule is Cc1ccccc1CCNC(=O)[C@H]1CNC[C@@H]1c1cnn(C)c1.Cl. The van der Waals surface area contributed by atoms with Crippen LogP contribution in [0.25, 0.3) is 0 Å². The predicted octanol–water partition coefficient (Wildman–Crippen LogP) is 1.81. The van der Waals surface area contributed by atoms with Crippen molar-refractivity contribution in [3.05, 3.63) is 53.3 Å². The van der Waals surface area contributed by atoms with Gasteiger partial charge in [-0.05, 0) is 30.0 Å². The van der Waals surface area contributed by atoms with Crippen LogP contribution in [-0.4, -0.2) is 35.3 Å². The molecular formula is C18H25ClN4O. The molecule has 0 unspecified atom stereocenters. The van der Waals surface area contributed by atoms with Crippen LogP contribution in [0.15, 0.2) is 36.7 Å². The quantitative estimate of drug-likeness (QED) is 0.866. The summed E-state index contributed by atoms with van der Waals surface area (Å²) in [5.41, 5.74) is 3.70. The van der Waals surface area contributed by atoms with Gasteiger partial charge in [0.2, 0.25) is 5.91 Å². The molecule has 1 amide bonds.